The van der Waals surface area contributed by atoms with Gasteiger partial charge in [0.05, 0.1) is 11.1 Å². The quantitative estimate of drug-likeness (QED) is 0.634. The fourth-order valence-corrected chi connectivity index (χ4v) is 3.04. The third kappa shape index (κ3) is 4.56. The number of carbonyl (C=O) groups excluding carboxylic acids is 2. The molecule has 1 aromatic carbocycles. The topological polar surface area (TPSA) is 55.4 Å². The molecule has 0 aromatic heterocycles. The van der Waals surface area contributed by atoms with Gasteiger partial charge in [0.1, 0.15) is 6.61 Å². The number of hydrogen-bond acceptors (Lipinski definition) is 4. The Hall–Kier alpha value is -1.96. The summed E-state index contributed by atoms with van der Waals surface area (Å²) >= 11 is 1.48. The highest BCUT2D eigenvalue weighted by Gasteiger charge is 2.39. The van der Waals surface area contributed by atoms with E-state index in [1.54, 1.807) is 0 Å². The third-order valence-electron chi connectivity index (χ3n) is 3.85. The van der Waals surface area contributed by atoms with E-state index in [4.69, 9.17) is 4.74 Å². The number of allylic oxidation sites excluding steroid dienone is 1. The van der Waals surface area contributed by atoms with E-state index in [-0.39, 0.29) is 29.9 Å². The van der Waals surface area contributed by atoms with Crippen molar-refractivity contribution >= 4 is 23.6 Å². The van der Waals surface area contributed by atoms with Crippen LogP contribution in [0.2, 0.25) is 0 Å². The number of amides is 1. The maximum Gasteiger partial charge on any atom is 0.416 e. The van der Waals surface area contributed by atoms with Gasteiger partial charge in [0, 0.05) is 23.8 Å². The van der Waals surface area contributed by atoms with Gasteiger partial charge in [-0.1, -0.05) is 18.2 Å². The number of alkyl halides is 3. The Morgan fingerprint density at radius 1 is 1.36 bits per heavy atom. The van der Waals surface area contributed by atoms with Crippen molar-refractivity contribution in [3.8, 4) is 0 Å². The Morgan fingerprint density at radius 3 is 2.68 bits per heavy atom. The molecule has 1 aromatic rings. The summed E-state index contributed by atoms with van der Waals surface area (Å²) in [5.41, 5.74) is -0.650. The van der Waals surface area contributed by atoms with Crippen LogP contribution in [0.1, 0.15) is 30.4 Å². The van der Waals surface area contributed by atoms with E-state index in [0.29, 0.717) is 5.75 Å². The van der Waals surface area contributed by atoms with Crippen molar-refractivity contribution in [3.63, 3.8) is 0 Å². The number of ether oxygens (including phenoxy) is 1. The number of benzene rings is 1. The minimum atomic E-state index is -4.58. The molecule has 25 heavy (non-hydrogen) atoms. The Kier molecular flexibility index (Phi) is 6.16. The maximum absolute atomic E-state index is 13.3. The number of thioether (sulfide) groups is 1. The third-order valence-corrected chi connectivity index (χ3v) is 4.43. The number of hydrogen-bond donors (Lipinski definition) is 1. The van der Waals surface area contributed by atoms with Crippen molar-refractivity contribution in [2.45, 2.75) is 25.4 Å². The molecule has 4 nitrogen and oxygen atoms in total. The van der Waals surface area contributed by atoms with Crippen molar-refractivity contribution in [1.82, 2.24) is 5.32 Å². The molecule has 2 rings (SSSR count). The Labute approximate surface area is 147 Å². The van der Waals surface area contributed by atoms with Gasteiger partial charge in [-0.15, -0.1) is 0 Å². The first-order valence-corrected chi connectivity index (χ1v) is 8.98. The molecule has 136 valence electrons. The van der Waals surface area contributed by atoms with E-state index in [2.05, 4.69) is 5.32 Å². The highest BCUT2D eigenvalue weighted by molar-refractivity contribution is 7.98. The van der Waals surface area contributed by atoms with Gasteiger partial charge in [-0.05, 0) is 24.8 Å². The van der Waals surface area contributed by atoms with Crippen LogP contribution in [0.15, 0.2) is 35.5 Å². The summed E-state index contributed by atoms with van der Waals surface area (Å²) in [5.74, 6) is -1.55. The van der Waals surface area contributed by atoms with Crippen molar-refractivity contribution in [3.05, 3.63) is 46.7 Å². The lowest BCUT2D eigenvalue weighted by Gasteiger charge is -2.28. The predicted octanol–water partition coefficient (Wildman–Crippen LogP) is 3.49. The van der Waals surface area contributed by atoms with Gasteiger partial charge in [-0.25, -0.2) is 4.79 Å². The van der Waals surface area contributed by atoms with Gasteiger partial charge in [0.25, 0.3) is 0 Å². The van der Waals surface area contributed by atoms with Crippen LogP contribution in [0.4, 0.5) is 13.2 Å². The summed E-state index contributed by atoms with van der Waals surface area (Å²) in [7, 11) is 0. The van der Waals surface area contributed by atoms with E-state index < -0.39 is 29.5 Å². The molecule has 1 atom stereocenters. The molecule has 0 unspecified atom stereocenters. The van der Waals surface area contributed by atoms with Gasteiger partial charge in [-0.3, -0.25) is 4.79 Å². The highest BCUT2D eigenvalue weighted by Crippen LogP contribution is 2.41. The SMILES string of the molecule is CSCCOC(=O)C1=C(C)NC(=O)C[C@H]1c1ccccc1C(F)(F)F. The monoisotopic (exact) mass is 373 g/mol. The molecule has 1 amide bonds. The Morgan fingerprint density at radius 2 is 2.04 bits per heavy atom. The average molecular weight is 373 g/mol. The number of rotatable bonds is 5. The molecule has 0 spiro atoms. The van der Waals surface area contributed by atoms with Gasteiger partial charge < -0.3 is 10.1 Å². The molecule has 8 heteroatoms. The lowest BCUT2D eigenvalue weighted by atomic mass is 9.82. The predicted molar refractivity (Wildman–Crippen MR) is 89.0 cm³/mol. The van der Waals surface area contributed by atoms with Gasteiger partial charge in [0.2, 0.25) is 5.91 Å². The molecule has 1 N–H and O–H groups in total. The number of halogens is 3. The summed E-state index contributed by atoms with van der Waals surface area (Å²) in [4.78, 5) is 24.3. The van der Waals surface area contributed by atoms with Crippen LogP contribution < -0.4 is 5.32 Å². The molecule has 0 fully saturated rings. The Balaban J connectivity index is 2.45. The molecule has 1 aliphatic heterocycles. The normalized spacial score (nSPS) is 18.1. The minimum Gasteiger partial charge on any atom is -0.461 e. The molecule has 0 saturated carbocycles. The maximum atomic E-state index is 13.3. The van der Waals surface area contributed by atoms with Crippen LogP contribution in [0.5, 0.6) is 0 Å². The molecular weight excluding hydrogens is 355 g/mol. The lowest BCUT2D eigenvalue weighted by molar-refractivity contribution is -0.141. The molecule has 0 bridgehead atoms. The summed E-state index contributed by atoms with van der Waals surface area (Å²) in [6.07, 6.45) is -2.97. The number of esters is 1. The second-order valence-electron chi connectivity index (χ2n) is 5.56. The van der Waals surface area contributed by atoms with E-state index in [1.807, 2.05) is 6.26 Å². The first kappa shape index (κ1) is 19.4. The van der Waals surface area contributed by atoms with Crippen LogP contribution in [-0.2, 0) is 20.5 Å². The van der Waals surface area contributed by atoms with Crippen molar-refractivity contribution < 1.29 is 27.5 Å². The largest absolute Gasteiger partial charge is 0.461 e. The van der Waals surface area contributed by atoms with Gasteiger partial charge in [0.15, 0.2) is 0 Å². The summed E-state index contributed by atoms with van der Waals surface area (Å²) in [6.45, 7) is 1.64. The molecule has 0 saturated heterocycles. The van der Waals surface area contributed by atoms with Crippen LogP contribution in [-0.4, -0.2) is 30.5 Å². The highest BCUT2D eigenvalue weighted by atomic mass is 32.2. The summed E-state index contributed by atoms with van der Waals surface area (Å²) in [5, 5.41) is 2.51. The lowest BCUT2D eigenvalue weighted by Crippen LogP contribution is -2.35. The second-order valence-corrected chi connectivity index (χ2v) is 6.54. The van der Waals surface area contributed by atoms with Gasteiger partial charge >= 0.3 is 12.1 Å². The number of nitrogens with one attached hydrogen (secondary N) is 1. The van der Waals surface area contributed by atoms with Crippen LogP contribution in [0, 0.1) is 0 Å². The standard InChI is InChI=1S/C17H18F3NO3S/c1-10-15(16(23)24-7-8-25-2)12(9-14(22)21-10)11-5-3-4-6-13(11)17(18,19)20/h3-6,12H,7-9H2,1-2H3,(H,21,22)/t12-/m0/s1. The van der Waals surface area contributed by atoms with Gasteiger partial charge in [-0.2, -0.15) is 24.9 Å². The zero-order valence-electron chi connectivity index (χ0n) is 13.8. The molecular formula is C17H18F3NO3S. The second kappa shape index (κ2) is 7.95. The van der Waals surface area contributed by atoms with E-state index in [9.17, 15) is 22.8 Å². The minimum absolute atomic E-state index is 0.0670. The molecule has 1 aliphatic rings. The van der Waals surface area contributed by atoms with E-state index in [0.717, 1.165) is 6.07 Å². The summed E-state index contributed by atoms with van der Waals surface area (Å²) in [6, 6.07) is 4.99. The first-order valence-electron chi connectivity index (χ1n) is 7.58. The Bertz CT molecular complexity index is 701. The smallest absolute Gasteiger partial charge is 0.416 e. The fraction of sp³-hybridized carbons (Fsp3) is 0.412. The molecule has 0 aliphatic carbocycles. The average Bonchev–Trinajstić information content (AvgIpc) is 2.53. The van der Waals surface area contributed by atoms with Crippen LogP contribution in [0.3, 0.4) is 0 Å². The zero-order valence-corrected chi connectivity index (χ0v) is 14.6. The number of carbonyl (C=O) groups is 2. The fourth-order valence-electron chi connectivity index (χ4n) is 2.79. The molecule has 0 radical (unpaired) electrons. The molecule has 1 heterocycles. The summed E-state index contributed by atoms with van der Waals surface area (Å²) < 4.78 is 45.2. The first-order chi connectivity index (χ1) is 11.8. The zero-order chi connectivity index (χ0) is 18.6. The van der Waals surface area contributed by atoms with Crippen molar-refractivity contribution in [2.75, 3.05) is 18.6 Å². The van der Waals surface area contributed by atoms with Crippen molar-refractivity contribution in [2.24, 2.45) is 0 Å². The van der Waals surface area contributed by atoms with E-state index in [1.165, 1.54) is 36.9 Å². The van der Waals surface area contributed by atoms with Crippen LogP contribution >= 0.6 is 11.8 Å². The van der Waals surface area contributed by atoms with E-state index >= 15 is 0 Å². The van der Waals surface area contributed by atoms with Crippen molar-refractivity contribution in [1.29, 1.82) is 0 Å². The van der Waals surface area contributed by atoms with Crippen LogP contribution in [0.25, 0.3) is 0 Å².